The Balaban J connectivity index is 2.14. The Kier molecular flexibility index (Phi) is 6.72. The summed E-state index contributed by atoms with van der Waals surface area (Å²) in [6.45, 7) is 8.43. The summed E-state index contributed by atoms with van der Waals surface area (Å²) in [5, 5.41) is 3.74. The molecular weight excluding hydrogens is 278 g/mol. The van der Waals surface area contributed by atoms with E-state index in [4.69, 9.17) is 4.74 Å². The molecule has 2 nitrogen and oxygen atoms in total. The molecule has 1 atom stereocenters. The third-order valence-corrected chi connectivity index (χ3v) is 5.94. The highest BCUT2D eigenvalue weighted by molar-refractivity contribution is 7.11. The van der Waals surface area contributed by atoms with Gasteiger partial charge < -0.3 is 10.1 Å². The van der Waals surface area contributed by atoms with E-state index in [2.05, 4.69) is 38.2 Å². The summed E-state index contributed by atoms with van der Waals surface area (Å²) in [5.74, 6) is 0. The highest BCUT2D eigenvalue weighted by Gasteiger charge is 2.40. The van der Waals surface area contributed by atoms with Gasteiger partial charge in [0, 0.05) is 22.4 Å². The molecule has 0 aliphatic heterocycles. The second kappa shape index (κ2) is 8.30. The van der Waals surface area contributed by atoms with Gasteiger partial charge in [-0.25, -0.2) is 0 Å². The van der Waals surface area contributed by atoms with Crippen LogP contribution in [0.2, 0.25) is 0 Å². The van der Waals surface area contributed by atoms with Crippen LogP contribution in [-0.2, 0) is 17.6 Å². The Bertz CT molecular complexity index is 404. The standard InChI is InChI=1S/C18H31NOS/c1-4-15-10-11-16(21-15)14-17(19-5-2)18(20-6-3)12-8-7-9-13-18/h10-11,17,19H,4-9,12-14H2,1-3H3. The highest BCUT2D eigenvalue weighted by Crippen LogP contribution is 2.36. The molecule has 1 aliphatic rings. The van der Waals surface area contributed by atoms with Crippen molar-refractivity contribution in [1.29, 1.82) is 0 Å². The zero-order valence-corrected chi connectivity index (χ0v) is 14.7. The molecule has 3 heteroatoms. The molecule has 1 fully saturated rings. The molecule has 1 aliphatic carbocycles. The van der Waals surface area contributed by atoms with Crippen LogP contribution in [0, 0.1) is 0 Å². The summed E-state index contributed by atoms with van der Waals surface area (Å²) in [6.07, 6.45) is 8.67. The Labute approximate surface area is 134 Å². The van der Waals surface area contributed by atoms with Crippen molar-refractivity contribution in [2.75, 3.05) is 13.2 Å². The molecule has 21 heavy (non-hydrogen) atoms. The Morgan fingerprint density at radius 1 is 1.14 bits per heavy atom. The summed E-state index contributed by atoms with van der Waals surface area (Å²) in [4.78, 5) is 3.00. The molecule has 1 aromatic rings. The van der Waals surface area contributed by atoms with E-state index in [1.807, 2.05) is 11.3 Å². The molecule has 0 bridgehead atoms. The molecule has 1 aromatic heterocycles. The van der Waals surface area contributed by atoms with Crippen molar-refractivity contribution in [1.82, 2.24) is 5.32 Å². The third-order valence-electron chi connectivity index (χ3n) is 4.69. The van der Waals surface area contributed by atoms with E-state index in [-0.39, 0.29) is 5.60 Å². The lowest BCUT2D eigenvalue weighted by atomic mass is 9.77. The Morgan fingerprint density at radius 3 is 2.43 bits per heavy atom. The topological polar surface area (TPSA) is 21.3 Å². The van der Waals surface area contributed by atoms with E-state index in [0.29, 0.717) is 6.04 Å². The zero-order chi connectivity index (χ0) is 15.1. The molecular formula is C18H31NOS. The fraction of sp³-hybridized carbons (Fsp3) is 0.778. The SMILES string of the molecule is CCNC(Cc1ccc(CC)s1)C1(OCC)CCCCC1. The van der Waals surface area contributed by atoms with E-state index in [1.165, 1.54) is 41.9 Å². The average molecular weight is 310 g/mol. The molecule has 0 saturated heterocycles. The van der Waals surface area contributed by atoms with Gasteiger partial charge in [0.25, 0.3) is 0 Å². The fourth-order valence-electron chi connectivity index (χ4n) is 3.64. The van der Waals surface area contributed by atoms with Crippen LogP contribution in [-0.4, -0.2) is 24.8 Å². The molecule has 1 unspecified atom stereocenters. The molecule has 2 rings (SSSR count). The molecule has 1 N–H and O–H groups in total. The lowest BCUT2D eigenvalue weighted by molar-refractivity contribution is -0.0893. The number of likely N-dealkylation sites (N-methyl/N-ethyl adjacent to an activating group) is 1. The summed E-state index contributed by atoms with van der Waals surface area (Å²) in [5.41, 5.74) is 0.0549. The molecule has 0 aromatic carbocycles. The van der Waals surface area contributed by atoms with Crippen LogP contribution in [0.5, 0.6) is 0 Å². The smallest absolute Gasteiger partial charge is 0.0838 e. The predicted octanol–water partition coefficient (Wildman–Crippen LogP) is 4.57. The quantitative estimate of drug-likeness (QED) is 0.759. The van der Waals surface area contributed by atoms with Crippen LogP contribution in [0.25, 0.3) is 0 Å². The third kappa shape index (κ3) is 4.30. The van der Waals surface area contributed by atoms with Crippen molar-refractivity contribution < 1.29 is 4.74 Å². The van der Waals surface area contributed by atoms with E-state index in [0.717, 1.165) is 26.0 Å². The fourth-order valence-corrected chi connectivity index (χ4v) is 4.65. The van der Waals surface area contributed by atoms with Crippen molar-refractivity contribution >= 4 is 11.3 Å². The minimum absolute atomic E-state index is 0.0549. The van der Waals surface area contributed by atoms with E-state index in [1.54, 1.807) is 0 Å². The normalized spacial score (nSPS) is 19.6. The average Bonchev–Trinajstić information content (AvgIpc) is 2.96. The highest BCUT2D eigenvalue weighted by atomic mass is 32.1. The van der Waals surface area contributed by atoms with Gasteiger partial charge in [0.2, 0.25) is 0 Å². The second-order valence-electron chi connectivity index (χ2n) is 6.09. The van der Waals surface area contributed by atoms with Gasteiger partial charge in [-0.15, -0.1) is 11.3 Å². The minimum Gasteiger partial charge on any atom is -0.374 e. The van der Waals surface area contributed by atoms with Crippen molar-refractivity contribution in [3.8, 4) is 0 Å². The minimum atomic E-state index is 0.0549. The van der Waals surface area contributed by atoms with Gasteiger partial charge in [0.15, 0.2) is 0 Å². The van der Waals surface area contributed by atoms with E-state index in [9.17, 15) is 0 Å². The maximum Gasteiger partial charge on any atom is 0.0838 e. The van der Waals surface area contributed by atoms with Crippen LogP contribution in [0.15, 0.2) is 12.1 Å². The number of aryl methyl sites for hydroxylation is 1. The van der Waals surface area contributed by atoms with Crippen LogP contribution in [0.3, 0.4) is 0 Å². The lowest BCUT2D eigenvalue weighted by Crippen LogP contribution is -2.54. The number of hydrogen-bond acceptors (Lipinski definition) is 3. The van der Waals surface area contributed by atoms with Crippen molar-refractivity contribution in [3.63, 3.8) is 0 Å². The lowest BCUT2D eigenvalue weighted by Gasteiger charge is -2.43. The van der Waals surface area contributed by atoms with E-state index >= 15 is 0 Å². The van der Waals surface area contributed by atoms with Gasteiger partial charge in [-0.05, 0) is 51.3 Å². The summed E-state index contributed by atoms with van der Waals surface area (Å²) < 4.78 is 6.33. The van der Waals surface area contributed by atoms with Crippen molar-refractivity contribution in [2.24, 2.45) is 0 Å². The van der Waals surface area contributed by atoms with Gasteiger partial charge >= 0.3 is 0 Å². The monoisotopic (exact) mass is 309 g/mol. The molecule has 0 radical (unpaired) electrons. The van der Waals surface area contributed by atoms with Crippen molar-refractivity contribution in [2.45, 2.75) is 77.4 Å². The van der Waals surface area contributed by atoms with Gasteiger partial charge in [0.1, 0.15) is 0 Å². The molecule has 1 saturated carbocycles. The van der Waals surface area contributed by atoms with Crippen LogP contribution < -0.4 is 5.32 Å². The molecule has 0 spiro atoms. The zero-order valence-electron chi connectivity index (χ0n) is 13.9. The molecule has 120 valence electrons. The first-order valence-electron chi connectivity index (χ1n) is 8.69. The van der Waals surface area contributed by atoms with Crippen LogP contribution >= 0.6 is 11.3 Å². The number of rotatable bonds is 8. The van der Waals surface area contributed by atoms with Crippen molar-refractivity contribution in [3.05, 3.63) is 21.9 Å². The Hall–Kier alpha value is -0.380. The van der Waals surface area contributed by atoms with E-state index < -0.39 is 0 Å². The maximum absolute atomic E-state index is 6.33. The second-order valence-corrected chi connectivity index (χ2v) is 7.35. The summed E-state index contributed by atoms with van der Waals surface area (Å²) >= 11 is 1.97. The number of thiophene rings is 1. The predicted molar refractivity (Wildman–Crippen MR) is 92.3 cm³/mol. The first-order valence-corrected chi connectivity index (χ1v) is 9.50. The van der Waals surface area contributed by atoms with Crippen LogP contribution in [0.1, 0.15) is 62.6 Å². The largest absolute Gasteiger partial charge is 0.374 e. The summed E-state index contributed by atoms with van der Waals surface area (Å²) in [7, 11) is 0. The molecule has 1 heterocycles. The van der Waals surface area contributed by atoms with Gasteiger partial charge in [-0.3, -0.25) is 0 Å². The summed E-state index contributed by atoms with van der Waals surface area (Å²) in [6, 6.07) is 5.05. The Morgan fingerprint density at radius 2 is 1.86 bits per heavy atom. The number of nitrogens with one attached hydrogen (secondary N) is 1. The van der Waals surface area contributed by atoms with Crippen LogP contribution in [0.4, 0.5) is 0 Å². The number of ether oxygens (including phenoxy) is 1. The number of hydrogen-bond donors (Lipinski definition) is 1. The van der Waals surface area contributed by atoms with Gasteiger partial charge in [-0.1, -0.05) is 33.1 Å². The molecule has 0 amide bonds. The van der Waals surface area contributed by atoms with Gasteiger partial charge in [0.05, 0.1) is 5.60 Å². The first kappa shape index (κ1) is 17.0. The maximum atomic E-state index is 6.33. The first-order chi connectivity index (χ1) is 10.2. The van der Waals surface area contributed by atoms with Gasteiger partial charge in [-0.2, -0.15) is 0 Å².